The lowest BCUT2D eigenvalue weighted by atomic mass is 9.72. The minimum atomic E-state index is -1.28. The molecule has 4 heterocycles. The molecule has 1 aromatic heterocycles. The number of carbonyl (C=O) groups is 3. The quantitative estimate of drug-likeness (QED) is 0.211. The van der Waals surface area contributed by atoms with Gasteiger partial charge in [-0.15, -0.1) is 0 Å². The predicted octanol–water partition coefficient (Wildman–Crippen LogP) is 5.12. The summed E-state index contributed by atoms with van der Waals surface area (Å²) in [6, 6.07) is 16.3. The van der Waals surface area contributed by atoms with Gasteiger partial charge in [-0.2, -0.15) is 0 Å². The summed E-state index contributed by atoms with van der Waals surface area (Å²) in [6.07, 6.45) is -1.11. The van der Waals surface area contributed by atoms with Crippen molar-refractivity contribution in [1.29, 1.82) is 0 Å². The number of hydrogen-bond donors (Lipinski definition) is 4. The van der Waals surface area contributed by atoms with Gasteiger partial charge in [0.15, 0.2) is 18.3 Å². The number of carbonyl (C=O) groups excluding carboxylic acids is 3. The molecule has 248 valence electrons. The Hall–Kier alpha value is -4.96. The van der Waals surface area contributed by atoms with Crippen LogP contribution in [0.2, 0.25) is 0 Å². The maximum Gasteiger partial charge on any atom is 0.249 e. The fourth-order valence-corrected chi connectivity index (χ4v) is 7.49. The van der Waals surface area contributed by atoms with Crippen LogP contribution in [0.25, 0.3) is 11.1 Å². The molecule has 5 atom stereocenters. The van der Waals surface area contributed by atoms with E-state index in [2.05, 4.69) is 53.0 Å². The number of oxazole rings is 1. The van der Waals surface area contributed by atoms with Gasteiger partial charge in [-0.1, -0.05) is 76.2 Å². The molecule has 3 aliphatic heterocycles. The van der Waals surface area contributed by atoms with Crippen molar-refractivity contribution in [2.75, 3.05) is 5.32 Å². The summed E-state index contributed by atoms with van der Waals surface area (Å²) in [4.78, 5) is 44.4. The smallest absolute Gasteiger partial charge is 0.249 e. The number of amides is 2. The minimum absolute atomic E-state index is 0.119. The number of aliphatic hydroxyl groups is 1. The second kappa shape index (κ2) is 11.6. The van der Waals surface area contributed by atoms with E-state index < -0.39 is 41.6 Å². The Morgan fingerprint density at radius 1 is 1.04 bits per heavy atom. The van der Waals surface area contributed by atoms with Gasteiger partial charge < -0.3 is 30.2 Å². The average molecular weight is 649 g/mol. The van der Waals surface area contributed by atoms with Gasteiger partial charge in [0.1, 0.15) is 35.0 Å². The zero-order valence-corrected chi connectivity index (χ0v) is 27.9. The third kappa shape index (κ3) is 4.72. The molecule has 10 heteroatoms. The number of anilines is 1. The molecule has 4 bridgehead atoms. The highest BCUT2D eigenvalue weighted by molar-refractivity contribution is 5.91. The van der Waals surface area contributed by atoms with Crippen LogP contribution in [0, 0.1) is 25.7 Å². The second-order valence-corrected chi connectivity index (χ2v) is 13.8. The van der Waals surface area contributed by atoms with Gasteiger partial charge in [0.25, 0.3) is 0 Å². The largest absolute Gasteiger partial charge is 0.469 e. The normalized spacial score (nSPS) is 22.9. The molecule has 0 aliphatic carbocycles. The van der Waals surface area contributed by atoms with E-state index in [1.165, 1.54) is 0 Å². The number of aryl methyl sites for hydroxylation is 2. The van der Waals surface area contributed by atoms with Crippen molar-refractivity contribution in [3.63, 3.8) is 0 Å². The number of ether oxygens (including phenoxy) is 1. The number of rotatable bonds is 6. The van der Waals surface area contributed by atoms with Gasteiger partial charge in [0.05, 0.1) is 0 Å². The Labute approximate surface area is 279 Å². The van der Waals surface area contributed by atoms with Crippen LogP contribution in [0.1, 0.15) is 83.7 Å². The number of nitrogens with one attached hydrogen (secondary N) is 3. The number of aldehydes is 1. The first-order valence-electron chi connectivity index (χ1n) is 16.5. The van der Waals surface area contributed by atoms with E-state index in [1.807, 2.05) is 50.2 Å². The molecule has 0 fully saturated rings. The van der Waals surface area contributed by atoms with Gasteiger partial charge in [0.2, 0.25) is 17.7 Å². The first kappa shape index (κ1) is 31.6. The lowest BCUT2D eigenvalue weighted by molar-refractivity contribution is -0.135. The maximum atomic E-state index is 13.9. The Bertz CT molecular complexity index is 1940. The van der Waals surface area contributed by atoms with E-state index in [9.17, 15) is 19.5 Å². The van der Waals surface area contributed by atoms with Gasteiger partial charge in [-0.25, -0.2) is 4.98 Å². The first-order valence-corrected chi connectivity index (χ1v) is 16.5. The number of para-hydroxylation sites is 1. The lowest BCUT2D eigenvalue weighted by Gasteiger charge is -2.29. The summed E-state index contributed by atoms with van der Waals surface area (Å²) in [7, 11) is 0. The van der Waals surface area contributed by atoms with Crippen molar-refractivity contribution in [2.24, 2.45) is 11.8 Å². The van der Waals surface area contributed by atoms with Gasteiger partial charge in [0, 0.05) is 28.8 Å². The second-order valence-electron chi connectivity index (χ2n) is 13.8. The summed E-state index contributed by atoms with van der Waals surface area (Å²) in [5, 5.41) is 20.0. The van der Waals surface area contributed by atoms with Crippen molar-refractivity contribution in [3.05, 3.63) is 99.8 Å². The molecular formula is C38H40N4O6. The zero-order chi connectivity index (χ0) is 34.1. The van der Waals surface area contributed by atoms with Crippen molar-refractivity contribution in [2.45, 2.75) is 77.8 Å². The van der Waals surface area contributed by atoms with Crippen LogP contribution in [0.15, 0.2) is 59.0 Å². The molecule has 48 heavy (non-hydrogen) atoms. The molecule has 0 radical (unpaired) electrons. The summed E-state index contributed by atoms with van der Waals surface area (Å²) >= 11 is 0. The number of aromatic nitrogens is 1. The highest BCUT2D eigenvalue weighted by Gasteiger charge is 2.61. The summed E-state index contributed by atoms with van der Waals surface area (Å²) < 4.78 is 13.3. The highest BCUT2D eigenvalue weighted by Crippen LogP contribution is 2.60. The summed E-state index contributed by atoms with van der Waals surface area (Å²) in [5.74, 6) is -0.495. The van der Waals surface area contributed by atoms with E-state index in [0.29, 0.717) is 17.8 Å². The van der Waals surface area contributed by atoms with Crippen LogP contribution >= 0.6 is 0 Å². The molecule has 2 unspecified atom stereocenters. The van der Waals surface area contributed by atoms with E-state index in [1.54, 1.807) is 13.8 Å². The Morgan fingerprint density at radius 2 is 1.77 bits per heavy atom. The molecule has 0 saturated heterocycles. The third-order valence-electron chi connectivity index (χ3n) is 9.97. The van der Waals surface area contributed by atoms with Gasteiger partial charge in [-0.3, -0.25) is 14.4 Å². The van der Waals surface area contributed by atoms with Gasteiger partial charge >= 0.3 is 0 Å². The van der Waals surface area contributed by atoms with Crippen LogP contribution < -0.4 is 20.7 Å². The summed E-state index contributed by atoms with van der Waals surface area (Å²) in [6.45, 7) is 11.5. The summed E-state index contributed by atoms with van der Waals surface area (Å²) in [5.41, 5.74) is 6.65. The Kier molecular flexibility index (Phi) is 7.66. The Morgan fingerprint density at radius 3 is 2.46 bits per heavy atom. The van der Waals surface area contributed by atoms with Crippen molar-refractivity contribution < 1.29 is 28.6 Å². The number of aliphatic hydroxyl groups excluding tert-OH is 1. The van der Waals surface area contributed by atoms with Crippen molar-refractivity contribution in [3.8, 4) is 16.9 Å². The van der Waals surface area contributed by atoms with Gasteiger partial charge in [-0.05, 0) is 54.0 Å². The molecule has 0 saturated carbocycles. The van der Waals surface area contributed by atoms with E-state index in [-0.39, 0.29) is 29.8 Å². The number of hydrogen-bond acceptors (Lipinski definition) is 8. The van der Waals surface area contributed by atoms with E-state index in [0.717, 1.165) is 44.6 Å². The molecular weight excluding hydrogens is 608 g/mol. The van der Waals surface area contributed by atoms with Crippen LogP contribution in [0.3, 0.4) is 0 Å². The fraction of sp³-hybridized carbons (Fsp3) is 0.368. The van der Waals surface area contributed by atoms with Crippen LogP contribution in [-0.2, 0) is 21.4 Å². The fourth-order valence-electron chi connectivity index (χ4n) is 7.49. The van der Waals surface area contributed by atoms with Crippen molar-refractivity contribution >= 4 is 23.8 Å². The maximum absolute atomic E-state index is 13.9. The van der Waals surface area contributed by atoms with Crippen molar-refractivity contribution in [1.82, 2.24) is 15.6 Å². The number of fused-ring (bicyclic) bond motifs is 4. The highest BCUT2D eigenvalue weighted by atomic mass is 16.5. The first-order chi connectivity index (χ1) is 22.9. The molecule has 7 rings (SSSR count). The molecule has 10 nitrogen and oxygen atoms in total. The zero-order valence-electron chi connectivity index (χ0n) is 27.9. The third-order valence-corrected chi connectivity index (χ3v) is 9.97. The molecule has 2 amide bonds. The number of benzene rings is 3. The Balaban J connectivity index is 1.48. The molecule has 1 spiro atoms. The SMILES string of the molecule is Cc1cccc(C)c1-c1cccc2c1NC1Oc3ccc4cc3C21c1oc(nc1C=O)[C@H](C(C)C)NC(=O)[C@@H](NC(=O)[C@@H](O)C(C)C)C4. The number of nitrogens with zero attached hydrogens (tertiary/aromatic N) is 1. The van der Waals surface area contributed by atoms with Crippen LogP contribution in [-0.4, -0.2) is 46.6 Å². The topological polar surface area (TPSA) is 143 Å². The molecule has 3 aliphatic rings. The van der Waals surface area contributed by atoms with E-state index >= 15 is 0 Å². The average Bonchev–Trinajstić information content (AvgIpc) is 3.71. The van der Waals surface area contributed by atoms with E-state index in [4.69, 9.17) is 9.15 Å². The molecule has 3 aromatic carbocycles. The standard InChI is InChI=1S/C38H40N4O6/c1-18(2)30-36-40-27(17-43)33(48-36)38-24-12-8-11-23(29-20(5)9-7-10-21(29)6)31(24)42-37(38)47-28-14-13-22(15-25(28)38)16-26(34(45)41-30)39-35(46)32(44)19(3)4/h7-15,17-19,26,30,32,37,42,44H,16H2,1-6H3,(H,39,46)(H,41,45)/t26-,30-,32-,37?,38?/m0/s1. The van der Waals surface area contributed by atoms with Crippen LogP contribution in [0.4, 0.5) is 5.69 Å². The monoisotopic (exact) mass is 648 g/mol. The molecule has 4 aromatic rings. The van der Waals surface area contributed by atoms with Crippen LogP contribution in [0.5, 0.6) is 5.75 Å². The minimum Gasteiger partial charge on any atom is -0.469 e. The predicted molar refractivity (Wildman–Crippen MR) is 180 cm³/mol. The molecule has 4 N–H and O–H groups in total. The lowest BCUT2D eigenvalue weighted by Crippen LogP contribution is -2.52.